The van der Waals surface area contributed by atoms with E-state index in [4.69, 9.17) is 0 Å². The molecule has 2 heteroatoms. The maximum Gasteiger partial charge on any atom is 0.0272 e. The number of hydrogen-bond donors (Lipinski definition) is 0. The zero-order valence-electron chi connectivity index (χ0n) is 12.1. The second-order valence-corrected chi connectivity index (χ2v) is 8.04. The minimum atomic E-state index is 0.807. The number of hydrogen-bond acceptors (Lipinski definition) is 1. The Hall–Kier alpha value is 0.830. The molecule has 1 fully saturated rings. The highest BCUT2D eigenvalue weighted by Crippen LogP contribution is 2.33. The SMILES string of the molecule is CCCCCCCCCCCCC1CSCC1Br. The third-order valence-electron chi connectivity index (χ3n) is 4.05. The first-order valence-electron chi connectivity index (χ1n) is 8.06. The van der Waals surface area contributed by atoms with E-state index in [1.807, 2.05) is 0 Å². The summed E-state index contributed by atoms with van der Waals surface area (Å²) in [6, 6.07) is 0. The Balaban J connectivity index is 1.76. The third-order valence-corrected chi connectivity index (χ3v) is 6.81. The molecule has 1 aliphatic rings. The molecule has 1 saturated heterocycles. The van der Waals surface area contributed by atoms with Crippen molar-refractivity contribution in [3.05, 3.63) is 0 Å². The van der Waals surface area contributed by atoms with Crippen molar-refractivity contribution < 1.29 is 0 Å². The molecule has 0 aromatic carbocycles. The summed E-state index contributed by atoms with van der Waals surface area (Å²) < 4.78 is 0. The van der Waals surface area contributed by atoms with Crippen molar-refractivity contribution in [2.24, 2.45) is 5.92 Å². The molecule has 0 amide bonds. The highest BCUT2D eigenvalue weighted by atomic mass is 79.9. The van der Waals surface area contributed by atoms with Crippen LogP contribution in [0.4, 0.5) is 0 Å². The molecule has 0 saturated carbocycles. The van der Waals surface area contributed by atoms with Gasteiger partial charge in [-0.05, 0) is 18.1 Å². The van der Waals surface area contributed by atoms with E-state index in [0.29, 0.717) is 0 Å². The van der Waals surface area contributed by atoms with Gasteiger partial charge in [0.15, 0.2) is 0 Å². The highest BCUT2D eigenvalue weighted by molar-refractivity contribution is 9.09. The molecule has 0 aromatic rings. The van der Waals surface area contributed by atoms with Crippen LogP contribution >= 0.6 is 27.7 Å². The minimum Gasteiger partial charge on any atom is -0.161 e. The van der Waals surface area contributed by atoms with Gasteiger partial charge in [-0.1, -0.05) is 87.1 Å². The van der Waals surface area contributed by atoms with Crippen LogP contribution in [0.25, 0.3) is 0 Å². The molecule has 1 aliphatic heterocycles. The molecular formula is C16H31BrS. The van der Waals surface area contributed by atoms with Crippen LogP contribution in [0.15, 0.2) is 0 Å². The first-order valence-corrected chi connectivity index (χ1v) is 10.1. The molecule has 0 nitrogen and oxygen atoms in total. The van der Waals surface area contributed by atoms with Gasteiger partial charge >= 0.3 is 0 Å². The quantitative estimate of drug-likeness (QED) is 0.310. The van der Waals surface area contributed by atoms with Crippen molar-refractivity contribution in [1.82, 2.24) is 0 Å². The fraction of sp³-hybridized carbons (Fsp3) is 1.00. The fourth-order valence-electron chi connectivity index (χ4n) is 2.73. The van der Waals surface area contributed by atoms with Crippen molar-refractivity contribution in [2.45, 2.75) is 82.4 Å². The molecule has 0 spiro atoms. The van der Waals surface area contributed by atoms with Crippen LogP contribution in [0.1, 0.15) is 77.6 Å². The second-order valence-electron chi connectivity index (χ2n) is 5.78. The molecule has 0 bridgehead atoms. The molecular weight excluding hydrogens is 304 g/mol. The molecule has 1 heterocycles. The summed E-state index contributed by atoms with van der Waals surface area (Å²) in [5.74, 6) is 3.69. The van der Waals surface area contributed by atoms with Gasteiger partial charge in [-0.15, -0.1) is 0 Å². The average Bonchev–Trinajstić information content (AvgIpc) is 2.77. The van der Waals surface area contributed by atoms with E-state index in [2.05, 4.69) is 34.6 Å². The number of rotatable bonds is 11. The molecule has 0 radical (unpaired) electrons. The number of unbranched alkanes of at least 4 members (excludes halogenated alkanes) is 9. The predicted octanol–water partition coefficient (Wildman–Crippen LogP) is 6.42. The van der Waals surface area contributed by atoms with Crippen molar-refractivity contribution >= 4 is 27.7 Å². The van der Waals surface area contributed by atoms with E-state index in [-0.39, 0.29) is 0 Å². The standard InChI is InChI=1S/C16H31BrS/c1-2-3-4-5-6-7-8-9-10-11-12-15-13-18-14-16(15)17/h15-16H,2-14H2,1H3. The zero-order valence-corrected chi connectivity index (χ0v) is 14.5. The van der Waals surface area contributed by atoms with E-state index >= 15 is 0 Å². The van der Waals surface area contributed by atoms with Crippen LogP contribution in [-0.2, 0) is 0 Å². The monoisotopic (exact) mass is 334 g/mol. The lowest BCUT2D eigenvalue weighted by atomic mass is 9.99. The highest BCUT2D eigenvalue weighted by Gasteiger charge is 2.24. The smallest absolute Gasteiger partial charge is 0.0272 e. The van der Waals surface area contributed by atoms with E-state index in [1.165, 1.54) is 82.1 Å². The third kappa shape index (κ3) is 8.09. The first-order chi connectivity index (χ1) is 8.84. The van der Waals surface area contributed by atoms with Crippen molar-refractivity contribution in [3.8, 4) is 0 Å². The normalized spacial score (nSPS) is 23.7. The van der Waals surface area contributed by atoms with Gasteiger partial charge in [-0.2, -0.15) is 11.8 Å². The molecule has 1 rings (SSSR count). The molecule has 0 N–H and O–H groups in total. The largest absolute Gasteiger partial charge is 0.161 e. The molecule has 108 valence electrons. The maximum absolute atomic E-state index is 3.81. The van der Waals surface area contributed by atoms with Gasteiger partial charge in [-0.25, -0.2) is 0 Å². The van der Waals surface area contributed by atoms with Gasteiger partial charge in [-0.3, -0.25) is 0 Å². The summed E-state index contributed by atoms with van der Waals surface area (Å²) in [6.07, 6.45) is 16.0. The summed E-state index contributed by atoms with van der Waals surface area (Å²) in [7, 11) is 0. The Morgan fingerprint density at radius 1 is 0.833 bits per heavy atom. The number of alkyl halides is 1. The minimum absolute atomic E-state index is 0.807. The number of halogens is 1. The fourth-order valence-corrected chi connectivity index (χ4v) is 5.33. The van der Waals surface area contributed by atoms with Gasteiger partial charge in [0.2, 0.25) is 0 Å². The first kappa shape index (κ1) is 16.9. The lowest BCUT2D eigenvalue weighted by molar-refractivity contribution is 0.496. The summed E-state index contributed by atoms with van der Waals surface area (Å²) in [5, 5.41) is 0. The summed E-state index contributed by atoms with van der Waals surface area (Å²) >= 11 is 5.93. The molecule has 2 atom stereocenters. The summed E-state index contributed by atoms with van der Waals surface area (Å²) in [5.41, 5.74) is 0. The van der Waals surface area contributed by atoms with Gasteiger partial charge in [0.05, 0.1) is 0 Å². The average molecular weight is 335 g/mol. The Kier molecular flexibility index (Phi) is 10.9. The van der Waals surface area contributed by atoms with Crippen LogP contribution in [0, 0.1) is 5.92 Å². The lowest BCUT2D eigenvalue weighted by Crippen LogP contribution is -2.10. The van der Waals surface area contributed by atoms with Crippen LogP contribution in [0.2, 0.25) is 0 Å². The Labute approximate surface area is 127 Å². The van der Waals surface area contributed by atoms with Crippen LogP contribution in [-0.4, -0.2) is 16.3 Å². The van der Waals surface area contributed by atoms with Crippen molar-refractivity contribution in [3.63, 3.8) is 0 Å². The van der Waals surface area contributed by atoms with Crippen LogP contribution in [0.5, 0.6) is 0 Å². The summed E-state index contributed by atoms with van der Waals surface area (Å²) in [6.45, 7) is 2.29. The topological polar surface area (TPSA) is 0 Å². The van der Waals surface area contributed by atoms with Gasteiger partial charge in [0.1, 0.15) is 0 Å². The van der Waals surface area contributed by atoms with E-state index < -0.39 is 0 Å². The van der Waals surface area contributed by atoms with E-state index in [0.717, 1.165) is 10.7 Å². The molecule has 0 aliphatic carbocycles. The van der Waals surface area contributed by atoms with Crippen molar-refractivity contribution in [1.29, 1.82) is 0 Å². The number of thioether (sulfide) groups is 1. The molecule has 2 unspecified atom stereocenters. The molecule has 0 aromatic heterocycles. The second kappa shape index (κ2) is 11.6. The molecule has 18 heavy (non-hydrogen) atoms. The van der Waals surface area contributed by atoms with Crippen LogP contribution < -0.4 is 0 Å². The van der Waals surface area contributed by atoms with Gasteiger partial charge in [0.25, 0.3) is 0 Å². The Morgan fingerprint density at radius 3 is 1.89 bits per heavy atom. The Morgan fingerprint density at radius 2 is 1.39 bits per heavy atom. The van der Waals surface area contributed by atoms with Crippen LogP contribution in [0.3, 0.4) is 0 Å². The maximum atomic E-state index is 3.81. The van der Waals surface area contributed by atoms with Gasteiger partial charge in [0, 0.05) is 10.6 Å². The van der Waals surface area contributed by atoms with E-state index in [9.17, 15) is 0 Å². The summed E-state index contributed by atoms with van der Waals surface area (Å²) in [4.78, 5) is 0.807. The lowest BCUT2D eigenvalue weighted by Gasteiger charge is -2.12. The zero-order chi connectivity index (χ0) is 13.1. The van der Waals surface area contributed by atoms with Gasteiger partial charge < -0.3 is 0 Å². The van der Waals surface area contributed by atoms with E-state index in [1.54, 1.807) is 0 Å². The Bertz CT molecular complexity index is 184. The van der Waals surface area contributed by atoms with Crippen molar-refractivity contribution in [2.75, 3.05) is 11.5 Å². The predicted molar refractivity (Wildman–Crippen MR) is 90.0 cm³/mol.